The van der Waals surface area contributed by atoms with Crippen LogP contribution < -0.4 is 31.9 Å². The van der Waals surface area contributed by atoms with Crippen molar-refractivity contribution in [3.8, 4) is 0 Å². The minimum atomic E-state index is -0.915. The van der Waals surface area contributed by atoms with Gasteiger partial charge in [0.15, 0.2) is 0 Å². The Labute approximate surface area is 262 Å². The average Bonchev–Trinajstić information content (AvgIpc) is 2.97. The van der Waals surface area contributed by atoms with Crippen molar-refractivity contribution in [2.75, 3.05) is 13.1 Å². The molecule has 0 aromatic carbocycles. The van der Waals surface area contributed by atoms with Crippen molar-refractivity contribution in [3.63, 3.8) is 0 Å². The second-order valence-electron chi connectivity index (χ2n) is 11.7. The Bertz CT molecular complexity index is 1080. The van der Waals surface area contributed by atoms with E-state index in [1.54, 1.807) is 19.1 Å². The predicted octanol–water partition coefficient (Wildman–Crippen LogP) is 1.83. The third kappa shape index (κ3) is 13.7. The van der Waals surface area contributed by atoms with Crippen molar-refractivity contribution >= 4 is 29.5 Å². The van der Waals surface area contributed by atoms with Crippen LogP contribution in [0.1, 0.15) is 84.5 Å². The lowest BCUT2D eigenvalue weighted by Gasteiger charge is -2.28. The largest absolute Gasteiger partial charge is 0.355 e. The Hall–Kier alpha value is -3.80. The molecule has 0 saturated heterocycles. The lowest BCUT2D eigenvalue weighted by atomic mass is 10.0. The van der Waals surface area contributed by atoms with Crippen molar-refractivity contribution in [1.29, 1.82) is 0 Å². The molecule has 44 heavy (non-hydrogen) atoms. The highest BCUT2D eigenvalue weighted by molar-refractivity contribution is 5.98. The summed E-state index contributed by atoms with van der Waals surface area (Å²) >= 11 is 0. The second-order valence-corrected chi connectivity index (χ2v) is 11.7. The van der Waals surface area contributed by atoms with E-state index in [0.717, 1.165) is 0 Å². The number of rotatable bonds is 20. The highest BCUT2D eigenvalue weighted by Gasteiger charge is 2.29. The second kappa shape index (κ2) is 20.2. The molecule has 0 unspecified atom stereocenters. The van der Waals surface area contributed by atoms with Crippen molar-refractivity contribution in [2.24, 2.45) is 11.8 Å². The smallest absolute Gasteiger partial charge is 0.252 e. The lowest BCUT2D eigenvalue weighted by Crippen LogP contribution is -2.57. The zero-order valence-electron chi connectivity index (χ0n) is 27.4. The Morgan fingerprint density at radius 1 is 0.841 bits per heavy atom. The van der Waals surface area contributed by atoms with Crippen LogP contribution in [-0.2, 0) is 19.2 Å². The Morgan fingerprint density at radius 2 is 1.48 bits per heavy atom. The number of likely N-dealkylation sites (N-methyl/N-ethyl adjacent to an activating group) is 1. The minimum Gasteiger partial charge on any atom is -0.355 e. The first kappa shape index (κ1) is 38.2. The third-order valence-electron chi connectivity index (χ3n) is 6.94. The summed E-state index contributed by atoms with van der Waals surface area (Å²) in [4.78, 5) is 68.5. The van der Waals surface area contributed by atoms with Gasteiger partial charge in [0.05, 0.1) is 6.04 Å². The van der Waals surface area contributed by atoms with Gasteiger partial charge < -0.3 is 31.9 Å². The van der Waals surface area contributed by atoms with Gasteiger partial charge in [0.1, 0.15) is 18.1 Å². The molecule has 1 aromatic heterocycles. The van der Waals surface area contributed by atoms with Gasteiger partial charge in [-0.05, 0) is 57.1 Å². The van der Waals surface area contributed by atoms with Gasteiger partial charge in [-0.25, -0.2) is 0 Å². The molecular weight excluding hydrogens is 562 g/mol. The summed E-state index contributed by atoms with van der Waals surface area (Å²) in [5, 5.41) is 17.3. The Balaban J connectivity index is 2.90. The zero-order chi connectivity index (χ0) is 33.2. The molecule has 0 spiro atoms. The minimum absolute atomic E-state index is 0.0913. The van der Waals surface area contributed by atoms with E-state index in [4.69, 9.17) is 0 Å². The number of amides is 5. The number of pyridine rings is 1. The fraction of sp³-hybridized carbons (Fsp3) is 0.625. The normalized spacial score (nSPS) is 14.5. The molecule has 5 amide bonds. The first-order valence-corrected chi connectivity index (χ1v) is 15.6. The van der Waals surface area contributed by atoms with E-state index in [1.165, 1.54) is 18.5 Å². The van der Waals surface area contributed by atoms with Gasteiger partial charge in [0, 0.05) is 37.1 Å². The van der Waals surface area contributed by atoms with E-state index < -0.39 is 36.0 Å². The summed E-state index contributed by atoms with van der Waals surface area (Å²) < 4.78 is 0. The van der Waals surface area contributed by atoms with Gasteiger partial charge in [-0.15, -0.1) is 6.58 Å². The number of carbonyl (C=O) groups excluding carboxylic acids is 5. The van der Waals surface area contributed by atoms with Crippen LogP contribution >= 0.6 is 0 Å². The summed E-state index contributed by atoms with van der Waals surface area (Å²) in [5.74, 6) is -1.67. The number of carbonyl (C=O) groups is 5. The van der Waals surface area contributed by atoms with Gasteiger partial charge in [0.2, 0.25) is 23.6 Å². The first-order chi connectivity index (χ1) is 20.8. The van der Waals surface area contributed by atoms with Crippen molar-refractivity contribution in [2.45, 2.75) is 104 Å². The van der Waals surface area contributed by atoms with Crippen LogP contribution in [0.3, 0.4) is 0 Å². The quantitative estimate of drug-likeness (QED) is 0.122. The average molecular weight is 616 g/mol. The van der Waals surface area contributed by atoms with Gasteiger partial charge in [-0.2, -0.15) is 0 Å². The highest BCUT2D eigenvalue weighted by Crippen LogP contribution is 2.08. The SMILES string of the molecule is C=CC[C@H](NC(=O)c1ccncc1)C(=O)N[C@@H](CCC)C(=O)N[C@H](CN[C@@H](C)C(=O)N[C@H](C(=O)NCC)C(C)C)CC(C)C. The van der Waals surface area contributed by atoms with Crippen molar-refractivity contribution in [1.82, 2.24) is 36.9 Å². The molecule has 12 heteroatoms. The van der Waals surface area contributed by atoms with Crippen LogP contribution in [0.5, 0.6) is 0 Å². The van der Waals surface area contributed by atoms with Gasteiger partial charge in [-0.1, -0.05) is 47.1 Å². The number of nitrogens with zero attached hydrogens (tertiary/aromatic N) is 1. The van der Waals surface area contributed by atoms with E-state index in [0.29, 0.717) is 37.9 Å². The molecule has 1 heterocycles. The van der Waals surface area contributed by atoms with Crippen LogP contribution in [0.15, 0.2) is 37.2 Å². The van der Waals surface area contributed by atoms with E-state index >= 15 is 0 Å². The standard InChI is InChI=1S/C32H53N7O5/c1-9-12-25(38-31(43)26(13-10-2)37-29(41)23-14-16-33-17-15-23)30(42)36-24(18-20(4)5)19-35-22(8)28(40)39-27(21(6)7)32(44)34-11-3/h10,14-17,20-22,24-27,35H,2,9,11-13,18-19H2,1,3-8H3,(H,34,44)(H,36,42)(H,37,41)(H,38,43)(H,39,40)/t22-,24-,25-,26-,27-/m0/s1. The molecule has 246 valence electrons. The molecule has 0 bridgehead atoms. The summed E-state index contributed by atoms with van der Waals surface area (Å²) in [6.45, 7) is 17.7. The molecule has 6 N–H and O–H groups in total. The van der Waals surface area contributed by atoms with E-state index in [1.807, 2.05) is 41.5 Å². The molecule has 1 aromatic rings. The lowest BCUT2D eigenvalue weighted by molar-refractivity contribution is -0.131. The van der Waals surface area contributed by atoms with Crippen LogP contribution in [0.25, 0.3) is 0 Å². The monoisotopic (exact) mass is 615 g/mol. The van der Waals surface area contributed by atoms with Gasteiger partial charge >= 0.3 is 0 Å². The molecule has 0 aliphatic heterocycles. The predicted molar refractivity (Wildman–Crippen MR) is 171 cm³/mol. The van der Waals surface area contributed by atoms with Crippen molar-refractivity contribution in [3.05, 3.63) is 42.7 Å². The summed E-state index contributed by atoms with van der Waals surface area (Å²) in [6.07, 6.45) is 6.36. The van der Waals surface area contributed by atoms with Crippen LogP contribution in [0.4, 0.5) is 0 Å². The number of nitrogens with one attached hydrogen (secondary N) is 6. The highest BCUT2D eigenvalue weighted by atomic mass is 16.2. The van der Waals surface area contributed by atoms with E-state index in [2.05, 4.69) is 43.5 Å². The summed E-state index contributed by atoms with van der Waals surface area (Å²) in [6, 6.07) is -0.245. The molecule has 0 radical (unpaired) electrons. The Kier molecular flexibility index (Phi) is 17.6. The first-order valence-electron chi connectivity index (χ1n) is 15.6. The number of aromatic nitrogens is 1. The topological polar surface area (TPSA) is 170 Å². The van der Waals surface area contributed by atoms with Gasteiger partial charge in [0.25, 0.3) is 5.91 Å². The molecule has 5 atom stereocenters. The maximum atomic E-state index is 13.4. The van der Waals surface area contributed by atoms with Crippen LogP contribution in [-0.4, -0.2) is 77.8 Å². The molecule has 1 rings (SSSR count). The molecule has 0 fully saturated rings. The molecule has 0 aliphatic carbocycles. The summed E-state index contributed by atoms with van der Waals surface area (Å²) in [7, 11) is 0. The summed E-state index contributed by atoms with van der Waals surface area (Å²) in [5.41, 5.74) is 0.362. The van der Waals surface area contributed by atoms with Gasteiger partial charge in [-0.3, -0.25) is 29.0 Å². The van der Waals surface area contributed by atoms with Crippen molar-refractivity contribution < 1.29 is 24.0 Å². The van der Waals surface area contributed by atoms with Crippen LogP contribution in [0.2, 0.25) is 0 Å². The van der Waals surface area contributed by atoms with Crippen LogP contribution in [0, 0.1) is 11.8 Å². The molecular formula is C32H53N7O5. The maximum Gasteiger partial charge on any atom is 0.252 e. The third-order valence-corrected chi connectivity index (χ3v) is 6.94. The fourth-order valence-corrected chi connectivity index (χ4v) is 4.55. The molecule has 0 aliphatic rings. The molecule has 12 nitrogen and oxygen atoms in total. The van der Waals surface area contributed by atoms with E-state index in [9.17, 15) is 24.0 Å². The fourth-order valence-electron chi connectivity index (χ4n) is 4.55. The zero-order valence-corrected chi connectivity index (χ0v) is 27.4. The maximum absolute atomic E-state index is 13.4. The number of hydrogen-bond acceptors (Lipinski definition) is 7. The number of hydrogen-bond donors (Lipinski definition) is 6. The Morgan fingerprint density at radius 3 is 2.02 bits per heavy atom. The molecule has 0 saturated carbocycles. The van der Waals surface area contributed by atoms with E-state index in [-0.39, 0.29) is 42.0 Å².